The molecule has 1 aromatic heterocycles. The number of rotatable bonds is 4. The second kappa shape index (κ2) is 5.45. The number of halogens is 2. The summed E-state index contributed by atoms with van der Waals surface area (Å²) in [6, 6.07) is 1.35. The quantitative estimate of drug-likeness (QED) is 0.763. The van der Waals surface area contributed by atoms with Crippen LogP contribution >= 0.6 is 23.2 Å². The highest BCUT2D eigenvalue weighted by molar-refractivity contribution is 6.34. The summed E-state index contributed by atoms with van der Waals surface area (Å²) in [4.78, 5) is 14.1. The molecule has 1 aromatic rings. The van der Waals surface area contributed by atoms with E-state index >= 15 is 0 Å². The lowest BCUT2D eigenvalue weighted by atomic mass is 10.1. The molecule has 1 rings (SSSR count). The monoisotopic (exact) mass is 265 g/mol. The van der Waals surface area contributed by atoms with Gasteiger partial charge < -0.3 is 15.3 Å². The first kappa shape index (κ1) is 13.2. The molecular formula is C9H9Cl2NO4. The molecule has 0 aliphatic carbocycles. The fraction of sp³-hybridized carbons (Fsp3) is 0.333. The van der Waals surface area contributed by atoms with Crippen LogP contribution in [-0.2, 0) is 4.79 Å². The van der Waals surface area contributed by atoms with Gasteiger partial charge in [-0.3, -0.25) is 9.78 Å². The Labute approximate surface area is 101 Å². The van der Waals surface area contributed by atoms with Crippen LogP contribution in [0.3, 0.4) is 0 Å². The van der Waals surface area contributed by atoms with E-state index in [1.165, 1.54) is 12.3 Å². The maximum Gasteiger partial charge on any atom is 0.306 e. The lowest BCUT2D eigenvalue weighted by Gasteiger charge is -2.16. The van der Waals surface area contributed by atoms with Crippen molar-refractivity contribution in [1.29, 1.82) is 0 Å². The first-order valence-electron chi connectivity index (χ1n) is 4.30. The number of hydrogen-bond donors (Lipinski definition) is 3. The lowest BCUT2D eigenvalue weighted by Crippen LogP contribution is -2.22. The Morgan fingerprint density at radius 1 is 1.44 bits per heavy atom. The molecule has 0 aliphatic heterocycles. The van der Waals surface area contributed by atoms with Crippen LogP contribution in [0.4, 0.5) is 0 Å². The number of aliphatic hydroxyl groups excluding tert-OH is 2. The number of carboxylic acids is 1. The zero-order valence-electron chi connectivity index (χ0n) is 7.97. The number of carbonyl (C=O) groups is 1. The van der Waals surface area contributed by atoms with Gasteiger partial charge in [0.05, 0.1) is 28.3 Å². The minimum Gasteiger partial charge on any atom is -0.481 e. The predicted molar refractivity (Wildman–Crippen MR) is 57.5 cm³/mol. The summed E-state index contributed by atoms with van der Waals surface area (Å²) in [5.41, 5.74) is -0.000170. The van der Waals surface area contributed by atoms with Crippen molar-refractivity contribution >= 4 is 29.2 Å². The zero-order valence-corrected chi connectivity index (χ0v) is 9.48. The van der Waals surface area contributed by atoms with Gasteiger partial charge in [-0.05, 0) is 6.07 Å². The van der Waals surface area contributed by atoms with Gasteiger partial charge in [0.2, 0.25) is 0 Å². The first-order valence-corrected chi connectivity index (χ1v) is 5.06. The molecule has 0 fully saturated rings. The van der Waals surface area contributed by atoms with Gasteiger partial charge in [-0.25, -0.2) is 0 Å². The van der Waals surface area contributed by atoms with E-state index in [1.807, 2.05) is 0 Å². The van der Waals surface area contributed by atoms with E-state index in [0.29, 0.717) is 0 Å². The Balaban J connectivity index is 2.87. The van der Waals surface area contributed by atoms with Crippen LogP contribution in [0.15, 0.2) is 12.3 Å². The van der Waals surface area contributed by atoms with E-state index in [0.717, 1.165) is 0 Å². The van der Waals surface area contributed by atoms with Crippen molar-refractivity contribution < 1.29 is 20.1 Å². The van der Waals surface area contributed by atoms with E-state index in [2.05, 4.69) is 4.98 Å². The van der Waals surface area contributed by atoms with E-state index in [9.17, 15) is 15.0 Å². The van der Waals surface area contributed by atoms with Crippen molar-refractivity contribution in [3.05, 3.63) is 28.0 Å². The molecule has 0 spiro atoms. The van der Waals surface area contributed by atoms with Crippen LogP contribution in [0, 0.1) is 0 Å². The number of carboxylic acid groups (broad SMARTS) is 1. The maximum atomic E-state index is 10.3. The molecule has 1 heterocycles. The van der Waals surface area contributed by atoms with Crippen molar-refractivity contribution in [1.82, 2.24) is 4.98 Å². The van der Waals surface area contributed by atoms with Crippen LogP contribution in [0.2, 0.25) is 10.0 Å². The molecule has 2 unspecified atom stereocenters. The van der Waals surface area contributed by atoms with Crippen molar-refractivity contribution in [2.75, 3.05) is 0 Å². The average molecular weight is 266 g/mol. The van der Waals surface area contributed by atoms with Crippen molar-refractivity contribution in [2.24, 2.45) is 0 Å². The Morgan fingerprint density at radius 3 is 2.56 bits per heavy atom. The predicted octanol–water partition coefficient (Wildman–Crippen LogP) is 1.26. The SMILES string of the molecule is O=C(O)CC(O)C(O)c1ncc(Cl)cc1Cl. The highest BCUT2D eigenvalue weighted by atomic mass is 35.5. The largest absolute Gasteiger partial charge is 0.481 e. The summed E-state index contributed by atoms with van der Waals surface area (Å²) >= 11 is 11.3. The number of nitrogens with zero attached hydrogens (tertiary/aromatic N) is 1. The number of aromatic nitrogens is 1. The number of aliphatic carboxylic acids is 1. The number of hydrogen-bond acceptors (Lipinski definition) is 4. The lowest BCUT2D eigenvalue weighted by molar-refractivity contribution is -0.141. The topological polar surface area (TPSA) is 90.7 Å². The van der Waals surface area contributed by atoms with E-state index in [4.69, 9.17) is 28.3 Å². The molecule has 7 heteroatoms. The molecule has 0 radical (unpaired) electrons. The van der Waals surface area contributed by atoms with Gasteiger partial charge in [0.15, 0.2) is 0 Å². The van der Waals surface area contributed by atoms with Gasteiger partial charge >= 0.3 is 5.97 Å². The van der Waals surface area contributed by atoms with Crippen LogP contribution in [0.5, 0.6) is 0 Å². The van der Waals surface area contributed by atoms with Gasteiger partial charge in [0.1, 0.15) is 6.10 Å². The zero-order chi connectivity index (χ0) is 12.3. The van der Waals surface area contributed by atoms with Gasteiger partial charge in [-0.15, -0.1) is 0 Å². The molecule has 16 heavy (non-hydrogen) atoms. The fourth-order valence-electron chi connectivity index (χ4n) is 1.12. The molecule has 0 aromatic carbocycles. The molecule has 0 aliphatic rings. The fourth-order valence-corrected chi connectivity index (χ4v) is 1.61. The Morgan fingerprint density at radius 2 is 2.06 bits per heavy atom. The summed E-state index contributed by atoms with van der Waals surface area (Å²) in [5, 5.41) is 27.8. The second-order valence-electron chi connectivity index (χ2n) is 3.13. The summed E-state index contributed by atoms with van der Waals surface area (Å²) < 4.78 is 0. The van der Waals surface area contributed by atoms with Crippen LogP contribution in [-0.4, -0.2) is 32.4 Å². The highest BCUT2D eigenvalue weighted by Crippen LogP contribution is 2.26. The van der Waals surface area contributed by atoms with Gasteiger partial charge in [-0.1, -0.05) is 23.2 Å². The third-order valence-corrected chi connectivity index (χ3v) is 2.37. The summed E-state index contributed by atoms with van der Waals surface area (Å²) in [7, 11) is 0. The van der Waals surface area contributed by atoms with Gasteiger partial charge in [0, 0.05) is 6.20 Å². The minimum absolute atomic E-state index is 0.000170. The summed E-state index contributed by atoms with van der Waals surface area (Å²) in [6.07, 6.45) is -2.27. The molecule has 0 saturated carbocycles. The van der Waals surface area contributed by atoms with Crippen molar-refractivity contribution in [3.63, 3.8) is 0 Å². The molecule has 0 bridgehead atoms. The highest BCUT2D eigenvalue weighted by Gasteiger charge is 2.24. The Bertz CT molecular complexity index is 399. The Hall–Kier alpha value is -0.880. The van der Waals surface area contributed by atoms with Gasteiger partial charge in [0.25, 0.3) is 0 Å². The maximum absolute atomic E-state index is 10.3. The van der Waals surface area contributed by atoms with E-state index in [-0.39, 0.29) is 15.7 Å². The molecular weight excluding hydrogens is 257 g/mol. The number of pyridine rings is 1. The third kappa shape index (κ3) is 3.31. The standard InChI is InChI=1S/C9H9Cl2NO4/c10-4-1-5(11)8(12-3-4)9(16)6(13)2-7(14)15/h1,3,6,9,13,16H,2H2,(H,14,15). The van der Waals surface area contributed by atoms with Crippen molar-refractivity contribution in [2.45, 2.75) is 18.6 Å². The molecule has 0 saturated heterocycles. The van der Waals surface area contributed by atoms with Crippen molar-refractivity contribution in [3.8, 4) is 0 Å². The van der Waals surface area contributed by atoms with Gasteiger partial charge in [-0.2, -0.15) is 0 Å². The first-order chi connectivity index (χ1) is 7.41. The number of aliphatic hydroxyl groups is 2. The molecule has 5 nitrogen and oxygen atoms in total. The third-order valence-electron chi connectivity index (χ3n) is 1.86. The Kier molecular flexibility index (Phi) is 4.49. The van der Waals surface area contributed by atoms with E-state index < -0.39 is 24.6 Å². The molecule has 3 N–H and O–H groups in total. The normalized spacial score (nSPS) is 14.5. The molecule has 0 amide bonds. The van der Waals surface area contributed by atoms with E-state index in [1.54, 1.807) is 0 Å². The second-order valence-corrected chi connectivity index (χ2v) is 3.97. The molecule has 88 valence electrons. The average Bonchev–Trinajstić information content (AvgIpc) is 2.15. The van der Waals surface area contributed by atoms with Crippen LogP contribution in [0.25, 0.3) is 0 Å². The smallest absolute Gasteiger partial charge is 0.306 e. The minimum atomic E-state index is -1.47. The summed E-state index contributed by atoms with van der Waals surface area (Å²) in [6.45, 7) is 0. The summed E-state index contributed by atoms with van der Waals surface area (Å²) in [5.74, 6) is -1.23. The van der Waals surface area contributed by atoms with Crippen LogP contribution in [0.1, 0.15) is 18.2 Å². The molecule has 2 atom stereocenters. The van der Waals surface area contributed by atoms with Crippen LogP contribution < -0.4 is 0 Å².